The first-order valence-electron chi connectivity index (χ1n) is 28.2. The minimum Gasteiger partial charge on any atom is -0.334 e. The second-order valence-corrected chi connectivity index (χ2v) is 26.5. The van der Waals surface area contributed by atoms with Gasteiger partial charge in [-0.3, -0.25) is 0 Å². The standard InChI is InChI=1S/C71H74BN3/c1-46-37-64-66-65(38-46)74(60-34-30-52(68(5,6)7)42-55(60)48-25-17-13-18-26-48)63-43-53(75-61-28-20-19-27-56(61)70(10)35-21-14-22-36-71(70,75)11)31-32-57(63)72(66)58-39-49-44-69(8,9)45-50(49)40-62(58)73(64)59-33-29-51(67(2,3)4)41-54(59)47-23-15-12-16-24-47/h12-13,15-20,23-34,37-43H,14,21-22,35-36,44-45H2,1-11H3. The Bertz CT molecular complexity index is 3590. The highest BCUT2D eigenvalue weighted by Gasteiger charge is 2.57. The highest BCUT2D eigenvalue weighted by molar-refractivity contribution is 7.00. The average Bonchev–Trinajstić information content (AvgIpc) is 3.75. The van der Waals surface area contributed by atoms with Gasteiger partial charge in [-0.05, 0) is 177 Å². The molecule has 0 N–H and O–H groups in total. The number of benzene rings is 8. The molecule has 2 aliphatic carbocycles. The number of fused-ring (bicyclic) bond motifs is 8. The van der Waals surface area contributed by atoms with Gasteiger partial charge in [0.15, 0.2) is 0 Å². The van der Waals surface area contributed by atoms with Gasteiger partial charge in [0.05, 0.1) is 16.9 Å². The summed E-state index contributed by atoms with van der Waals surface area (Å²) in [5.41, 5.74) is 27.8. The number of aryl methyl sites for hydroxylation is 1. The summed E-state index contributed by atoms with van der Waals surface area (Å²) < 4.78 is 0. The molecule has 5 aliphatic rings. The monoisotopic (exact) mass is 980 g/mol. The van der Waals surface area contributed by atoms with Crippen LogP contribution in [0.5, 0.6) is 0 Å². The van der Waals surface area contributed by atoms with E-state index in [-0.39, 0.29) is 33.9 Å². The van der Waals surface area contributed by atoms with Gasteiger partial charge < -0.3 is 14.7 Å². The van der Waals surface area contributed by atoms with Crippen molar-refractivity contribution in [2.24, 2.45) is 5.41 Å². The average molecular weight is 980 g/mol. The largest absolute Gasteiger partial charge is 0.334 e. The first-order valence-corrected chi connectivity index (χ1v) is 28.2. The number of anilines is 8. The van der Waals surface area contributed by atoms with Crippen LogP contribution in [-0.2, 0) is 29.1 Å². The number of rotatable bonds is 5. The van der Waals surface area contributed by atoms with Crippen LogP contribution in [0.3, 0.4) is 0 Å². The molecule has 3 aliphatic heterocycles. The van der Waals surface area contributed by atoms with Gasteiger partial charge >= 0.3 is 0 Å². The van der Waals surface area contributed by atoms with Crippen molar-refractivity contribution in [3.05, 3.63) is 197 Å². The molecule has 3 heterocycles. The summed E-state index contributed by atoms with van der Waals surface area (Å²) >= 11 is 0. The van der Waals surface area contributed by atoms with Crippen LogP contribution >= 0.6 is 0 Å². The van der Waals surface area contributed by atoms with E-state index in [0.29, 0.717) is 0 Å². The van der Waals surface area contributed by atoms with E-state index in [0.717, 1.165) is 19.3 Å². The molecule has 4 heteroatoms. The second-order valence-electron chi connectivity index (χ2n) is 26.5. The van der Waals surface area contributed by atoms with Gasteiger partial charge in [0.2, 0.25) is 0 Å². The van der Waals surface area contributed by atoms with Gasteiger partial charge in [-0.25, -0.2) is 0 Å². The molecule has 0 aromatic heterocycles. The Morgan fingerprint density at radius 1 is 0.453 bits per heavy atom. The Balaban J connectivity index is 1.13. The van der Waals surface area contributed by atoms with E-state index in [1.165, 1.54) is 143 Å². The highest BCUT2D eigenvalue weighted by atomic mass is 15.3. The van der Waals surface area contributed by atoms with Crippen molar-refractivity contribution in [2.45, 2.75) is 143 Å². The lowest BCUT2D eigenvalue weighted by atomic mass is 9.33. The molecule has 8 aromatic carbocycles. The zero-order chi connectivity index (χ0) is 52.0. The second kappa shape index (κ2) is 16.9. The van der Waals surface area contributed by atoms with E-state index >= 15 is 0 Å². The van der Waals surface area contributed by atoms with Crippen molar-refractivity contribution in [1.82, 2.24) is 0 Å². The van der Waals surface area contributed by atoms with Crippen LogP contribution in [0.4, 0.5) is 45.5 Å². The quantitative estimate of drug-likeness (QED) is 0.159. The number of hydrogen-bond donors (Lipinski definition) is 0. The molecule has 13 rings (SSSR count). The fraction of sp³-hybridized carbons (Fsp3) is 0.324. The third-order valence-electron chi connectivity index (χ3n) is 18.8. The molecule has 0 saturated heterocycles. The molecule has 75 heavy (non-hydrogen) atoms. The summed E-state index contributed by atoms with van der Waals surface area (Å²) in [5.74, 6) is 0. The molecule has 0 spiro atoms. The van der Waals surface area contributed by atoms with Gasteiger partial charge in [0.25, 0.3) is 6.71 Å². The Hall–Kier alpha value is -6.78. The van der Waals surface area contributed by atoms with Gasteiger partial charge in [-0.1, -0.05) is 185 Å². The molecule has 1 fully saturated rings. The molecule has 0 radical (unpaired) electrons. The molecule has 1 saturated carbocycles. The summed E-state index contributed by atoms with van der Waals surface area (Å²) in [6.45, 7) is 26.5. The lowest BCUT2D eigenvalue weighted by Crippen LogP contribution is -2.61. The summed E-state index contributed by atoms with van der Waals surface area (Å²) in [7, 11) is 0. The molecular formula is C71H74BN3. The van der Waals surface area contributed by atoms with Crippen molar-refractivity contribution in [3.8, 4) is 22.3 Å². The maximum Gasteiger partial charge on any atom is 0.252 e. The van der Waals surface area contributed by atoms with E-state index < -0.39 is 0 Å². The lowest BCUT2D eigenvalue weighted by Gasteiger charge is -2.48. The van der Waals surface area contributed by atoms with Crippen molar-refractivity contribution < 1.29 is 0 Å². The first-order chi connectivity index (χ1) is 35.8. The predicted octanol–water partition coefficient (Wildman–Crippen LogP) is 17.3. The summed E-state index contributed by atoms with van der Waals surface area (Å²) in [4.78, 5) is 8.18. The third-order valence-corrected chi connectivity index (χ3v) is 18.8. The van der Waals surface area contributed by atoms with Crippen molar-refractivity contribution in [2.75, 3.05) is 14.7 Å². The molecule has 0 amide bonds. The fourth-order valence-corrected chi connectivity index (χ4v) is 14.7. The Morgan fingerprint density at radius 2 is 0.987 bits per heavy atom. The molecule has 2 unspecified atom stereocenters. The number of hydrogen-bond acceptors (Lipinski definition) is 3. The van der Waals surface area contributed by atoms with E-state index in [4.69, 9.17) is 0 Å². The van der Waals surface area contributed by atoms with Crippen LogP contribution < -0.4 is 31.1 Å². The van der Waals surface area contributed by atoms with E-state index in [9.17, 15) is 0 Å². The van der Waals surface area contributed by atoms with Crippen molar-refractivity contribution in [3.63, 3.8) is 0 Å². The lowest BCUT2D eigenvalue weighted by molar-refractivity contribution is 0.261. The number of para-hydroxylation sites is 1. The van der Waals surface area contributed by atoms with E-state index in [1.54, 1.807) is 0 Å². The zero-order valence-corrected chi connectivity index (χ0v) is 46.5. The van der Waals surface area contributed by atoms with Gasteiger partial charge in [0, 0.05) is 50.7 Å². The minimum absolute atomic E-state index is 0.00352. The normalized spacial score (nSPS) is 20.2. The van der Waals surface area contributed by atoms with Crippen LogP contribution in [0.25, 0.3) is 22.3 Å². The fourth-order valence-electron chi connectivity index (χ4n) is 14.7. The van der Waals surface area contributed by atoms with E-state index in [1.807, 2.05) is 0 Å². The van der Waals surface area contributed by atoms with Crippen LogP contribution in [0.15, 0.2) is 164 Å². The highest BCUT2D eigenvalue weighted by Crippen LogP contribution is 2.61. The third kappa shape index (κ3) is 7.43. The summed E-state index contributed by atoms with van der Waals surface area (Å²) in [6.07, 6.45) is 8.31. The molecule has 376 valence electrons. The predicted molar refractivity (Wildman–Crippen MR) is 322 cm³/mol. The SMILES string of the molecule is Cc1cc2c3c(c1)N(c1ccc(C(C)(C)C)cc1-c1ccccc1)c1cc4c(cc1B3c1ccc(N3c5ccccc5C5(C)CCCCCC35C)cc1N2c1ccc(C(C)(C)C)cc1-c1ccccc1)CC(C)(C)C4. The van der Waals surface area contributed by atoms with Crippen LogP contribution in [0.2, 0.25) is 0 Å². The van der Waals surface area contributed by atoms with E-state index in [2.05, 4.69) is 255 Å². The molecule has 8 aromatic rings. The summed E-state index contributed by atoms with van der Waals surface area (Å²) in [6, 6.07) is 64.4. The Kier molecular flexibility index (Phi) is 10.8. The first kappa shape index (κ1) is 47.9. The van der Waals surface area contributed by atoms with Crippen molar-refractivity contribution >= 4 is 68.6 Å². The maximum atomic E-state index is 2.79. The Morgan fingerprint density at radius 3 is 1.57 bits per heavy atom. The van der Waals surface area contributed by atoms with Crippen LogP contribution in [0, 0.1) is 12.3 Å². The van der Waals surface area contributed by atoms with Gasteiger partial charge in [-0.2, -0.15) is 0 Å². The molecule has 3 nitrogen and oxygen atoms in total. The van der Waals surface area contributed by atoms with Crippen molar-refractivity contribution in [1.29, 1.82) is 0 Å². The van der Waals surface area contributed by atoms with Crippen LogP contribution in [0.1, 0.15) is 135 Å². The smallest absolute Gasteiger partial charge is 0.252 e. The molecule has 2 atom stereocenters. The summed E-state index contributed by atoms with van der Waals surface area (Å²) in [5, 5.41) is 0. The Labute approximate surface area is 448 Å². The maximum absolute atomic E-state index is 2.79. The van der Waals surface area contributed by atoms with Crippen LogP contribution in [-0.4, -0.2) is 12.3 Å². The molecule has 0 bridgehead atoms. The minimum atomic E-state index is -0.0869. The zero-order valence-electron chi connectivity index (χ0n) is 46.5. The van der Waals surface area contributed by atoms with Gasteiger partial charge in [0.1, 0.15) is 0 Å². The van der Waals surface area contributed by atoms with Gasteiger partial charge in [-0.15, -0.1) is 0 Å². The molecular weight excluding hydrogens is 906 g/mol. The topological polar surface area (TPSA) is 9.72 Å². The number of nitrogens with zero attached hydrogens (tertiary/aromatic N) is 3.